The van der Waals surface area contributed by atoms with E-state index >= 15 is 0 Å². The maximum atomic E-state index is 11.8. The summed E-state index contributed by atoms with van der Waals surface area (Å²) in [6, 6.07) is 0.311. The lowest BCUT2D eigenvalue weighted by Crippen LogP contribution is -2.30. The number of hydrogen-bond acceptors (Lipinski definition) is 5. The third kappa shape index (κ3) is 3.30. The molecular formula is C12H18N4O3. The molecule has 1 aliphatic rings. The molecule has 1 saturated carbocycles. The van der Waals surface area contributed by atoms with Crippen molar-refractivity contribution >= 4 is 11.9 Å². The average Bonchev–Trinajstić information content (AvgIpc) is 3.11. The molecule has 7 heteroatoms. The number of esters is 1. The molecule has 0 aliphatic heterocycles. The number of nitrogens with zero attached hydrogens (tertiary/aromatic N) is 3. The van der Waals surface area contributed by atoms with Gasteiger partial charge >= 0.3 is 5.97 Å². The number of rotatable bonds is 6. The van der Waals surface area contributed by atoms with Gasteiger partial charge in [-0.1, -0.05) is 18.6 Å². The predicted octanol–water partition coefficient (Wildman–Crippen LogP) is 0.296. The summed E-state index contributed by atoms with van der Waals surface area (Å²) >= 11 is 0. The van der Waals surface area contributed by atoms with E-state index in [1.165, 1.54) is 11.8 Å². The standard InChI is InChI=1S/C12H18N4O3/c1-3-4-9-11(12(18)19-2)14-15-16(9)7-10(17)13-8-5-6-8/h8H,3-7H2,1-2H3,(H,13,17). The Morgan fingerprint density at radius 3 is 2.79 bits per heavy atom. The van der Waals surface area contributed by atoms with E-state index in [1.54, 1.807) is 0 Å². The summed E-state index contributed by atoms with van der Waals surface area (Å²) in [5, 5.41) is 10.6. The molecule has 1 fully saturated rings. The highest BCUT2D eigenvalue weighted by Gasteiger charge is 2.25. The van der Waals surface area contributed by atoms with E-state index in [0.29, 0.717) is 18.2 Å². The van der Waals surface area contributed by atoms with Crippen molar-refractivity contribution < 1.29 is 14.3 Å². The summed E-state index contributed by atoms with van der Waals surface area (Å²) in [5.41, 5.74) is 0.851. The van der Waals surface area contributed by atoms with Gasteiger partial charge in [-0.2, -0.15) is 0 Å². The van der Waals surface area contributed by atoms with Crippen LogP contribution in [0.15, 0.2) is 0 Å². The zero-order valence-corrected chi connectivity index (χ0v) is 11.2. The number of methoxy groups -OCH3 is 1. The van der Waals surface area contributed by atoms with Gasteiger partial charge in [-0.05, 0) is 19.3 Å². The highest BCUT2D eigenvalue weighted by atomic mass is 16.5. The minimum atomic E-state index is -0.516. The van der Waals surface area contributed by atoms with Crippen molar-refractivity contribution in [3.8, 4) is 0 Å². The molecule has 1 aromatic rings. The third-order valence-electron chi connectivity index (χ3n) is 2.94. The topological polar surface area (TPSA) is 86.1 Å². The van der Waals surface area contributed by atoms with E-state index in [2.05, 4.69) is 20.4 Å². The van der Waals surface area contributed by atoms with E-state index in [9.17, 15) is 9.59 Å². The maximum absolute atomic E-state index is 11.8. The van der Waals surface area contributed by atoms with Crippen molar-refractivity contribution in [1.29, 1.82) is 0 Å². The lowest BCUT2D eigenvalue weighted by molar-refractivity contribution is -0.122. The van der Waals surface area contributed by atoms with Crippen LogP contribution >= 0.6 is 0 Å². The molecule has 1 N–H and O–H groups in total. The second-order valence-corrected chi connectivity index (χ2v) is 4.63. The fourth-order valence-electron chi connectivity index (χ4n) is 1.84. The Labute approximate surface area is 111 Å². The van der Waals surface area contributed by atoms with Crippen molar-refractivity contribution in [1.82, 2.24) is 20.3 Å². The van der Waals surface area contributed by atoms with Crippen LogP contribution in [-0.2, 0) is 22.5 Å². The van der Waals surface area contributed by atoms with E-state index < -0.39 is 5.97 Å². The summed E-state index contributed by atoms with van der Waals surface area (Å²) < 4.78 is 6.14. The number of amides is 1. The number of ether oxygens (including phenoxy) is 1. The van der Waals surface area contributed by atoms with Crippen molar-refractivity contribution in [2.24, 2.45) is 0 Å². The van der Waals surface area contributed by atoms with Gasteiger partial charge in [-0.15, -0.1) is 5.10 Å². The molecule has 0 aromatic carbocycles. The van der Waals surface area contributed by atoms with Gasteiger partial charge in [0.05, 0.1) is 12.8 Å². The predicted molar refractivity (Wildman–Crippen MR) is 66.5 cm³/mol. The Hall–Kier alpha value is -1.92. The smallest absolute Gasteiger partial charge is 0.360 e. The second-order valence-electron chi connectivity index (χ2n) is 4.63. The molecule has 0 saturated heterocycles. The number of carbonyl (C=O) groups excluding carboxylic acids is 2. The second kappa shape index (κ2) is 5.81. The molecule has 2 rings (SSSR count). The van der Waals surface area contributed by atoms with Gasteiger partial charge < -0.3 is 10.1 Å². The van der Waals surface area contributed by atoms with Crippen LogP contribution < -0.4 is 5.32 Å². The molecule has 104 valence electrons. The van der Waals surface area contributed by atoms with Crippen molar-refractivity contribution in [2.75, 3.05) is 7.11 Å². The van der Waals surface area contributed by atoms with Crippen molar-refractivity contribution in [2.45, 2.75) is 45.2 Å². The monoisotopic (exact) mass is 266 g/mol. The van der Waals surface area contributed by atoms with E-state index in [1.807, 2.05) is 6.92 Å². The number of carbonyl (C=O) groups is 2. The minimum Gasteiger partial charge on any atom is -0.464 e. The van der Waals surface area contributed by atoms with Crippen LogP contribution in [-0.4, -0.2) is 40.0 Å². The largest absolute Gasteiger partial charge is 0.464 e. The molecule has 0 atom stereocenters. The number of hydrogen-bond donors (Lipinski definition) is 1. The Morgan fingerprint density at radius 1 is 1.47 bits per heavy atom. The van der Waals surface area contributed by atoms with Gasteiger partial charge in [0.1, 0.15) is 6.54 Å². The third-order valence-corrected chi connectivity index (χ3v) is 2.94. The van der Waals surface area contributed by atoms with Gasteiger partial charge in [0.25, 0.3) is 0 Å². The van der Waals surface area contributed by atoms with Gasteiger partial charge in [0.2, 0.25) is 5.91 Å². The van der Waals surface area contributed by atoms with Crippen LogP contribution in [0.4, 0.5) is 0 Å². The first-order chi connectivity index (χ1) is 9.15. The minimum absolute atomic E-state index is 0.0931. The quantitative estimate of drug-likeness (QED) is 0.748. The van der Waals surface area contributed by atoms with E-state index in [4.69, 9.17) is 0 Å². The molecule has 1 amide bonds. The summed E-state index contributed by atoms with van der Waals surface area (Å²) in [4.78, 5) is 23.3. The SMILES string of the molecule is CCCc1c(C(=O)OC)nnn1CC(=O)NC1CC1. The molecule has 1 aliphatic carbocycles. The molecule has 1 aromatic heterocycles. The molecule has 0 spiro atoms. The summed E-state index contributed by atoms with van der Waals surface area (Å²) in [5.74, 6) is -0.613. The Morgan fingerprint density at radius 2 is 2.21 bits per heavy atom. The first-order valence-electron chi connectivity index (χ1n) is 6.45. The van der Waals surface area contributed by atoms with Crippen LogP contribution in [0.2, 0.25) is 0 Å². The van der Waals surface area contributed by atoms with Gasteiger partial charge in [0.15, 0.2) is 5.69 Å². The lowest BCUT2D eigenvalue weighted by atomic mass is 10.2. The molecule has 1 heterocycles. The van der Waals surface area contributed by atoms with Crippen LogP contribution in [0.25, 0.3) is 0 Å². The first-order valence-corrected chi connectivity index (χ1v) is 6.45. The first kappa shape index (κ1) is 13.5. The van der Waals surface area contributed by atoms with Crippen molar-refractivity contribution in [3.63, 3.8) is 0 Å². The molecule has 0 bridgehead atoms. The summed E-state index contributed by atoms with van der Waals surface area (Å²) in [7, 11) is 1.30. The normalized spacial score (nSPS) is 14.2. The Bertz CT molecular complexity index is 479. The highest BCUT2D eigenvalue weighted by Crippen LogP contribution is 2.18. The van der Waals surface area contributed by atoms with Crippen LogP contribution in [0, 0.1) is 0 Å². The summed E-state index contributed by atoms with van der Waals surface area (Å²) in [6.45, 7) is 2.08. The van der Waals surface area contributed by atoms with Crippen LogP contribution in [0.3, 0.4) is 0 Å². The highest BCUT2D eigenvalue weighted by molar-refractivity contribution is 5.88. The van der Waals surface area contributed by atoms with Gasteiger partial charge in [-0.25, -0.2) is 9.48 Å². The van der Waals surface area contributed by atoms with Crippen molar-refractivity contribution in [3.05, 3.63) is 11.4 Å². The maximum Gasteiger partial charge on any atom is 0.360 e. The lowest BCUT2D eigenvalue weighted by Gasteiger charge is -2.07. The number of aromatic nitrogens is 3. The van der Waals surface area contributed by atoms with E-state index in [-0.39, 0.29) is 18.1 Å². The molecular weight excluding hydrogens is 248 g/mol. The van der Waals surface area contributed by atoms with E-state index in [0.717, 1.165) is 19.3 Å². The van der Waals surface area contributed by atoms with Crippen LogP contribution in [0.1, 0.15) is 42.4 Å². The Kier molecular flexibility index (Phi) is 4.13. The molecule has 19 heavy (non-hydrogen) atoms. The molecule has 7 nitrogen and oxygen atoms in total. The van der Waals surface area contributed by atoms with Gasteiger partial charge in [-0.3, -0.25) is 4.79 Å². The fourth-order valence-corrected chi connectivity index (χ4v) is 1.84. The molecule has 0 radical (unpaired) electrons. The number of nitrogens with one attached hydrogen (secondary N) is 1. The average molecular weight is 266 g/mol. The van der Waals surface area contributed by atoms with Crippen LogP contribution in [0.5, 0.6) is 0 Å². The summed E-state index contributed by atoms with van der Waals surface area (Å²) in [6.07, 6.45) is 3.55. The molecule has 0 unspecified atom stereocenters. The zero-order chi connectivity index (χ0) is 13.8. The fraction of sp³-hybridized carbons (Fsp3) is 0.667. The Balaban J connectivity index is 2.11. The van der Waals surface area contributed by atoms with Gasteiger partial charge in [0, 0.05) is 6.04 Å². The zero-order valence-electron chi connectivity index (χ0n) is 11.2.